The van der Waals surface area contributed by atoms with Crippen molar-refractivity contribution in [2.45, 2.75) is 12.8 Å². The monoisotopic (exact) mass is 304 g/mol. The summed E-state index contributed by atoms with van der Waals surface area (Å²) in [6, 6.07) is 15.9. The lowest BCUT2D eigenvalue weighted by molar-refractivity contribution is 0.415. The molecule has 0 saturated heterocycles. The summed E-state index contributed by atoms with van der Waals surface area (Å²) in [5.41, 5.74) is 5.76. The number of H-pyrrole nitrogens is 1. The normalized spacial score (nSPS) is 12.4. The number of aryl methyl sites for hydroxylation is 1. The fourth-order valence-electron chi connectivity index (χ4n) is 3.20. The first kappa shape index (κ1) is 13.8. The number of benzene rings is 2. The topological polar surface area (TPSA) is 55.0 Å². The zero-order valence-electron chi connectivity index (χ0n) is 12.8. The summed E-state index contributed by atoms with van der Waals surface area (Å²) in [5, 5.41) is 0. The first-order valence-electron chi connectivity index (χ1n) is 7.62. The largest absolute Gasteiger partial charge is 0.497 e. The summed E-state index contributed by atoms with van der Waals surface area (Å²) >= 11 is 0. The van der Waals surface area contributed by atoms with E-state index in [1.54, 1.807) is 7.11 Å². The zero-order valence-corrected chi connectivity index (χ0v) is 12.8. The summed E-state index contributed by atoms with van der Waals surface area (Å²) in [5.74, 6) is 0.790. The number of nitrogens with zero attached hydrogens (tertiary/aromatic N) is 1. The summed E-state index contributed by atoms with van der Waals surface area (Å²) in [7, 11) is 1.64. The van der Waals surface area contributed by atoms with Gasteiger partial charge in [0.15, 0.2) is 0 Å². The molecule has 4 rings (SSSR count). The minimum absolute atomic E-state index is 0.314. The van der Waals surface area contributed by atoms with Crippen molar-refractivity contribution in [1.29, 1.82) is 0 Å². The Morgan fingerprint density at radius 1 is 1.04 bits per heavy atom. The minimum Gasteiger partial charge on any atom is -0.497 e. The molecule has 3 aromatic rings. The quantitative estimate of drug-likeness (QED) is 0.791. The first-order valence-corrected chi connectivity index (χ1v) is 7.62. The van der Waals surface area contributed by atoms with Crippen molar-refractivity contribution in [2.24, 2.45) is 0 Å². The van der Waals surface area contributed by atoms with Crippen LogP contribution in [-0.4, -0.2) is 17.1 Å². The second kappa shape index (κ2) is 5.39. The third-order valence-corrected chi connectivity index (χ3v) is 4.33. The second-order valence-electron chi connectivity index (χ2n) is 5.63. The van der Waals surface area contributed by atoms with Crippen molar-refractivity contribution in [3.63, 3.8) is 0 Å². The number of ether oxygens (including phenoxy) is 1. The minimum atomic E-state index is -0.314. The summed E-state index contributed by atoms with van der Waals surface area (Å²) in [6.07, 6.45) is 1.83. The maximum atomic E-state index is 12.1. The van der Waals surface area contributed by atoms with Crippen LogP contribution in [0.3, 0.4) is 0 Å². The molecule has 0 spiro atoms. The zero-order chi connectivity index (χ0) is 15.8. The van der Waals surface area contributed by atoms with Crippen LogP contribution in [0.15, 0.2) is 53.3 Å². The number of rotatable bonds is 2. The van der Waals surface area contributed by atoms with E-state index in [-0.39, 0.29) is 5.69 Å². The fourth-order valence-corrected chi connectivity index (χ4v) is 3.20. The van der Waals surface area contributed by atoms with Crippen molar-refractivity contribution in [1.82, 2.24) is 9.97 Å². The van der Waals surface area contributed by atoms with Gasteiger partial charge < -0.3 is 9.72 Å². The van der Waals surface area contributed by atoms with Gasteiger partial charge in [-0.05, 0) is 42.7 Å². The van der Waals surface area contributed by atoms with Crippen LogP contribution in [0, 0.1) is 0 Å². The molecule has 4 heteroatoms. The van der Waals surface area contributed by atoms with Crippen LogP contribution in [0.1, 0.15) is 11.1 Å². The molecular weight excluding hydrogens is 288 g/mol. The van der Waals surface area contributed by atoms with E-state index >= 15 is 0 Å². The van der Waals surface area contributed by atoms with Gasteiger partial charge in [0, 0.05) is 16.7 Å². The molecule has 0 unspecified atom stereocenters. The van der Waals surface area contributed by atoms with Gasteiger partial charge in [-0.1, -0.05) is 24.3 Å². The first-order chi connectivity index (χ1) is 11.3. The molecule has 114 valence electrons. The molecule has 1 aromatic heterocycles. The number of aromatic amines is 1. The van der Waals surface area contributed by atoms with Gasteiger partial charge in [-0.25, -0.2) is 4.79 Å². The van der Waals surface area contributed by atoms with Crippen LogP contribution in [0.4, 0.5) is 0 Å². The lowest BCUT2D eigenvalue weighted by atomic mass is 9.87. The summed E-state index contributed by atoms with van der Waals surface area (Å²) in [6.45, 7) is 0. The Labute approximate surface area is 133 Å². The maximum Gasteiger partial charge on any atom is 0.345 e. The highest BCUT2D eigenvalue weighted by molar-refractivity contribution is 5.77. The predicted molar refractivity (Wildman–Crippen MR) is 89.7 cm³/mol. The van der Waals surface area contributed by atoms with E-state index in [0.717, 1.165) is 46.7 Å². The Balaban J connectivity index is 1.93. The van der Waals surface area contributed by atoms with E-state index in [1.165, 1.54) is 5.56 Å². The highest BCUT2D eigenvalue weighted by Gasteiger charge is 2.21. The number of hydrogen-bond acceptors (Lipinski definition) is 3. The van der Waals surface area contributed by atoms with Gasteiger partial charge in [0.2, 0.25) is 0 Å². The summed E-state index contributed by atoms with van der Waals surface area (Å²) in [4.78, 5) is 19.2. The molecule has 1 aliphatic carbocycles. The Morgan fingerprint density at radius 3 is 2.61 bits per heavy atom. The molecule has 0 atom stereocenters. The molecule has 1 N–H and O–H groups in total. The number of methoxy groups -OCH3 is 1. The molecule has 0 bridgehead atoms. The molecule has 0 fully saturated rings. The van der Waals surface area contributed by atoms with Crippen molar-refractivity contribution >= 4 is 0 Å². The molecule has 0 aliphatic heterocycles. The molecular formula is C19H16N2O2. The number of aromatic nitrogens is 2. The van der Waals surface area contributed by atoms with Crippen molar-refractivity contribution < 1.29 is 4.74 Å². The van der Waals surface area contributed by atoms with Crippen LogP contribution in [0.25, 0.3) is 22.5 Å². The Morgan fingerprint density at radius 2 is 1.83 bits per heavy atom. The van der Waals surface area contributed by atoms with Gasteiger partial charge >= 0.3 is 5.69 Å². The van der Waals surface area contributed by atoms with E-state index in [9.17, 15) is 4.79 Å². The van der Waals surface area contributed by atoms with E-state index in [4.69, 9.17) is 4.74 Å². The molecule has 2 aromatic carbocycles. The van der Waals surface area contributed by atoms with E-state index < -0.39 is 0 Å². The lowest BCUT2D eigenvalue weighted by Crippen LogP contribution is -2.18. The molecule has 0 radical (unpaired) electrons. The van der Waals surface area contributed by atoms with Crippen molar-refractivity contribution in [3.05, 3.63) is 70.1 Å². The molecule has 1 heterocycles. The standard InChI is InChI=1S/C19H16N2O2/c1-23-14-9-6-13(7-10-14)17-16-11-8-12-4-2-3-5-15(12)18(16)21-19(22)20-17/h2-7,9-10H,8,11H2,1H3,(H,20,21,22). The van der Waals surface area contributed by atoms with Crippen LogP contribution < -0.4 is 10.4 Å². The average molecular weight is 304 g/mol. The summed E-state index contributed by atoms with van der Waals surface area (Å²) < 4.78 is 5.20. The van der Waals surface area contributed by atoms with Gasteiger partial charge in [-0.2, -0.15) is 4.98 Å². The highest BCUT2D eigenvalue weighted by atomic mass is 16.5. The smallest absolute Gasteiger partial charge is 0.345 e. The molecule has 1 aliphatic rings. The van der Waals surface area contributed by atoms with Crippen LogP contribution in [-0.2, 0) is 12.8 Å². The SMILES string of the molecule is COc1ccc(-c2nc(=O)[nH]c3c2CCc2ccccc2-3)cc1. The highest BCUT2D eigenvalue weighted by Crippen LogP contribution is 2.35. The lowest BCUT2D eigenvalue weighted by Gasteiger charge is -2.21. The Kier molecular flexibility index (Phi) is 3.23. The van der Waals surface area contributed by atoms with Gasteiger partial charge in [-0.3, -0.25) is 0 Å². The second-order valence-corrected chi connectivity index (χ2v) is 5.63. The van der Waals surface area contributed by atoms with E-state index in [1.807, 2.05) is 36.4 Å². The van der Waals surface area contributed by atoms with Crippen molar-refractivity contribution in [2.75, 3.05) is 7.11 Å². The Hall–Kier alpha value is -2.88. The number of fused-ring (bicyclic) bond motifs is 3. The van der Waals surface area contributed by atoms with Crippen LogP contribution in [0.5, 0.6) is 5.75 Å². The van der Waals surface area contributed by atoms with Crippen LogP contribution >= 0.6 is 0 Å². The van der Waals surface area contributed by atoms with Gasteiger partial charge in [0.1, 0.15) is 5.75 Å². The third kappa shape index (κ3) is 2.32. The van der Waals surface area contributed by atoms with Crippen LogP contribution in [0.2, 0.25) is 0 Å². The van der Waals surface area contributed by atoms with Gasteiger partial charge in [-0.15, -0.1) is 0 Å². The van der Waals surface area contributed by atoms with E-state index in [2.05, 4.69) is 22.1 Å². The van der Waals surface area contributed by atoms with Gasteiger partial charge in [0.05, 0.1) is 18.5 Å². The molecule has 23 heavy (non-hydrogen) atoms. The average Bonchev–Trinajstić information content (AvgIpc) is 2.61. The molecule has 0 amide bonds. The number of nitrogens with one attached hydrogen (secondary N) is 1. The molecule has 0 saturated carbocycles. The third-order valence-electron chi connectivity index (χ3n) is 4.33. The van der Waals surface area contributed by atoms with Gasteiger partial charge in [0.25, 0.3) is 0 Å². The fraction of sp³-hybridized carbons (Fsp3) is 0.158. The Bertz CT molecular complexity index is 927. The predicted octanol–water partition coefficient (Wildman–Crippen LogP) is 3.21. The van der Waals surface area contributed by atoms with E-state index in [0.29, 0.717) is 0 Å². The number of hydrogen-bond donors (Lipinski definition) is 1. The molecule has 4 nitrogen and oxygen atoms in total. The van der Waals surface area contributed by atoms with Crippen molar-refractivity contribution in [3.8, 4) is 28.3 Å². The maximum absolute atomic E-state index is 12.1.